The van der Waals surface area contributed by atoms with Crippen LogP contribution in [0.1, 0.15) is 33.1 Å². The number of rotatable bonds is 2. The molecule has 106 valence electrons. The van der Waals surface area contributed by atoms with Crippen LogP contribution in [0.25, 0.3) is 0 Å². The Hall–Kier alpha value is -1.42. The third kappa shape index (κ3) is 1.17. The van der Waals surface area contributed by atoms with Crippen molar-refractivity contribution in [3.63, 3.8) is 0 Å². The number of amides is 1. The van der Waals surface area contributed by atoms with Crippen LogP contribution in [0.3, 0.4) is 0 Å². The Labute approximate surface area is 118 Å². The number of aromatic nitrogens is 1. The van der Waals surface area contributed by atoms with E-state index in [1.165, 1.54) is 6.42 Å². The Morgan fingerprint density at radius 1 is 1.50 bits per heavy atom. The monoisotopic (exact) mass is 272 g/mol. The molecule has 2 heterocycles. The van der Waals surface area contributed by atoms with Gasteiger partial charge < -0.3 is 10.1 Å². The first-order chi connectivity index (χ1) is 9.52. The smallest absolute Gasteiger partial charge is 0.257 e. The third-order valence-corrected chi connectivity index (χ3v) is 6.48. The van der Waals surface area contributed by atoms with E-state index in [-0.39, 0.29) is 16.7 Å². The van der Waals surface area contributed by atoms with Crippen molar-refractivity contribution in [1.29, 1.82) is 0 Å². The second kappa shape index (κ2) is 3.61. The van der Waals surface area contributed by atoms with Crippen LogP contribution in [0.5, 0.6) is 0 Å². The minimum atomic E-state index is -0.638. The van der Waals surface area contributed by atoms with Gasteiger partial charge in [0.2, 0.25) is 0 Å². The molecule has 1 aliphatic heterocycles. The van der Waals surface area contributed by atoms with E-state index in [2.05, 4.69) is 24.1 Å². The second-order valence-corrected chi connectivity index (χ2v) is 7.00. The molecule has 20 heavy (non-hydrogen) atoms. The highest BCUT2D eigenvalue weighted by Gasteiger charge is 2.78. The molecule has 0 aromatic carbocycles. The van der Waals surface area contributed by atoms with Gasteiger partial charge in [0, 0.05) is 17.0 Å². The lowest BCUT2D eigenvalue weighted by molar-refractivity contribution is -0.149. The van der Waals surface area contributed by atoms with Crippen LogP contribution < -0.4 is 5.32 Å². The number of anilines is 1. The molecule has 2 saturated carbocycles. The molecule has 2 aliphatic carbocycles. The summed E-state index contributed by atoms with van der Waals surface area (Å²) in [4.78, 5) is 16.9. The second-order valence-electron chi connectivity index (χ2n) is 7.00. The minimum Gasteiger partial charge on any atom is -0.364 e. The largest absolute Gasteiger partial charge is 0.364 e. The topological polar surface area (TPSA) is 51.2 Å². The van der Waals surface area contributed by atoms with Crippen LogP contribution >= 0.6 is 0 Å². The van der Waals surface area contributed by atoms with Crippen LogP contribution in [0.4, 0.5) is 5.69 Å². The van der Waals surface area contributed by atoms with E-state index >= 15 is 0 Å². The van der Waals surface area contributed by atoms with E-state index in [1.54, 1.807) is 12.4 Å². The maximum atomic E-state index is 12.9. The molecule has 1 saturated heterocycles. The first kappa shape index (κ1) is 12.3. The van der Waals surface area contributed by atoms with Crippen LogP contribution in [0, 0.1) is 16.7 Å². The first-order valence-electron chi connectivity index (χ1n) is 7.37. The summed E-state index contributed by atoms with van der Waals surface area (Å²) >= 11 is 0. The van der Waals surface area contributed by atoms with Crippen molar-refractivity contribution in [2.45, 2.75) is 38.7 Å². The van der Waals surface area contributed by atoms with Crippen molar-refractivity contribution in [2.75, 3.05) is 11.9 Å². The van der Waals surface area contributed by atoms with Crippen LogP contribution in [0.15, 0.2) is 24.5 Å². The van der Waals surface area contributed by atoms with Crippen molar-refractivity contribution < 1.29 is 9.53 Å². The van der Waals surface area contributed by atoms with Gasteiger partial charge in [0.05, 0.1) is 18.5 Å². The van der Waals surface area contributed by atoms with Gasteiger partial charge in [-0.05, 0) is 37.3 Å². The summed E-state index contributed by atoms with van der Waals surface area (Å²) in [7, 11) is 0. The van der Waals surface area contributed by atoms with Gasteiger partial charge in [0.15, 0.2) is 5.60 Å². The molecule has 1 aromatic rings. The minimum absolute atomic E-state index is 0.0129. The lowest BCUT2D eigenvalue weighted by atomic mass is 9.66. The molecule has 1 N–H and O–H groups in total. The molecule has 4 bridgehead atoms. The lowest BCUT2D eigenvalue weighted by Crippen LogP contribution is -2.52. The van der Waals surface area contributed by atoms with E-state index in [0.717, 1.165) is 18.5 Å². The van der Waals surface area contributed by atoms with Crippen molar-refractivity contribution in [3.8, 4) is 0 Å². The molecule has 1 unspecified atom stereocenters. The highest BCUT2D eigenvalue weighted by Crippen LogP contribution is 2.75. The van der Waals surface area contributed by atoms with E-state index in [9.17, 15) is 4.79 Å². The number of hydrogen-bond donors (Lipinski definition) is 1. The summed E-state index contributed by atoms with van der Waals surface area (Å²) in [6, 6.07) is 3.70. The number of nitrogens with one attached hydrogen (secondary N) is 1. The van der Waals surface area contributed by atoms with E-state index in [4.69, 9.17) is 4.74 Å². The molecule has 0 spiro atoms. The third-order valence-electron chi connectivity index (χ3n) is 6.48. The quantitative estimate of drug-likeness (QED) is 0.900. The molecule has 0 radical (unpaired) electrons. The summed E-state index contributed by atoms with van der Waals surface area (Å²) in [5, 5.41) is 3.00. The zero-order chi connectivity index (χ0) is 14.0. The lowest BCUT2D eigenvalue weighted by Gasteiger charge is -2.39. The Kier molecular flexibility index (Phi) is 2.23. The number of nitrogens with zero attached hydrogens (tertiary/aromatic N) is 1. The first-order valence-corrected chi connectivity index (χ1v) is 7.37. The predicted molar refractivity (Wildman–Crippen MR) is 75.1 cm³/mol. The summed E-state index contributed by atoms with van der Waals surface area (Å²) in [5.74, 6) is 0.639. The van der Waals surface area contributed by atoms with Gasteiger partial charge in [-0.3, -0.25) is 9.78 Å². The van der Waals surface area contributed by atoms with Crippen molar-refractivity contribution in [3.05, 3.63) is 24.5 Å². The molecule has 3 fully saturated rings. The molecule has 4 nitrogen and oxygen atoms in total. The Balaban J connectivity index is 1.68. The standard InChI is InChI=1S/C16H20N2O2/c1-14-10-20-16(8-11(14)5-6-15(14,16)2)13(19)18-12-4-3-7-17-9-12/h3-4,7,9,11H,5-6,8,10H2,1-2H3,(H,18,19)/t11?,14-,15-,16-/m0/s1. The average molecular weight is 272 g/mol. The summed E-state index contributed by atoms with van der Waals surface area (Å²) in [5.41, 5.74) is 0.243. The van der Waals surface area contributed by atoms with Gasteiger partial charge in [0.1, 0.15) is 0 Å². The highest BCUT2D eigenvalue weighted by molar-refractivity contribution is 5.99. The Morgan fingerprint density at radius 2 is 2.35 bits per heavy atom. The number of pyridine rings is 1. The molecular formula is C16H20N2O2. The summed E-state index contributed by atoms with van der Waals surface area (Å²) in [6.45, 7) is 5.27. The maximum Gasteiger partial charge on any atom is 0.257 e. The average Bonchev–Trinajstić information content (AvgIpc) is 2.92. The molecule has 1 amide bonds. The van der Waals surface area contributed by atoms with E-state index < -0.39 is 5.60 Å². The van der Waals surface area contributed by atoms with Gasteiger partial charge in [-0.2, -0.15) is 0 Å². The molecule has 4 heteroatoms. The normalized spacial score (nSPS) is 44.8. The van der Waals surface area contributed by atoms with Gasteiger partial charge >= 0.3 is 0 Å². The SMILES string of the molecule is C[C@@]12CCC3C[C@@]1(C(=O)Nc1cccnc1)OC[C@@]32C. The maximum absolute atomic E-state index is 12.9. The zero-order valence-electron chi connectivity index (χ0n) is 12.0. The number of carbonyl (C=O) groups is 1. The van der Waals surface area contributed by atoms with Crippen molar-refractivity contribution in [2.24, 2.45) is 16.7 Å². The van der Waals surface area contributed by atoms with Gasteiger partial charge in [-0.1, -0.05) is 13.8 Å². The number of carbonyl (C=O) groups excluding carboxylic acids is 1. The fourth-order valence-corrected chi connectivity index (χ4v) is 4.93. The zero-order valence-corrected chi connectivity index (χ0v) is 12.0. The van der Waals surface area contributed by atoms with E-state index in [0.29, 0.717) is 12.5 Å². The Bertz CT molecular complexity index is 575. The van der Waals surface area contributed by atoms with Crippen LogP contribution in [-0.2, 0) is 9.53 Å². The number of ether oxygens (including phenoxy) is 1. The fourth-order valence-electron chi connectivity index (χ4n) is 4.93. The highest BCUT2D eigenvalue weighted by atomic mass is 16.5. The van der Waals surface area contributed by atoms with Gasteiger partial charge in [0.25, 0.3) is 5.91 Å². The molecule has 3 aliphatic rings. The van der Waals surface area contributed by atoms with Crippen LogP contribution in [0.2, 0.25) is 0 Å². The Morgan fingerprint density at radius 3 is 3.00 bits per heavy atom. The van der Waals surface area contributed by atoms with Crippen molar-refractivity contribution in [1.82, 2.24) is 4.98 Å². The molecular weight excluding hydrogens is 252 g/mol. The number of hydrogen-bond acceptors (Lipinski definition) is 3. The molecule has 1 aromatic heterocycles. The summed E-state index contributed by atoms with van der Waals surface area (Å²) < 4.78 is 6.08. The van der Waals surface area contributed by atoms with Crippen LogP contribution in [-0.4, -0.2) is 23.1 Å². The van der Waals surface area contributed by atoms with Crippen molar-refractivity contribution >= 4 is 11.6 Å². The predicted octanol–water partition coefficient (Wildman–Crippen LogP) is 2.62. The molecule has 4 rings (SSSR count). The summed E-state index contributed by atoms with van der Waals surface area (Å²) in [6.07, 6.45) is 6.58. The van der Waals surface area contributed by atoms with Gasteiger partial charge in [-0.15, -0.1) is 0 Å². The molecule has 4 atom stereocenters. The fraction of sp³-hybridized carbons (Fsp3) is 0.625. The van der Waals surface area contributed by atoms with Gasteiger partial charge in [-0.25, -0.2) is 0 Å². The van der Waals surface area contributed by atoms with E-state index in [1.807, 2.05) is 12.1 Å².